The Bertz CT molecular complexity index is 1050. The van der Waals surface area contributed by atoms with Crippen molar-refractivity contribution < 1.29 is 14.3 Å². The highest BCUT2D eigenvalue weighted by Crippen LogP contribution is 2.35. The Labute approximate surface area is 160 Å². The monoisotopic (exact) mass is 385 g/mol. The second-order valence-electron chi connectivity index (χ2n) is 6.85. The van der Waals surface area contributed by atoms with Crippen LogP contribution in [0.5, 0.6) is 0 Å². The maximum atomic E-state index is 13.4. The van der Waals surface area contributed by atoms with E-state index in [4.69, 9.17) is 5.73 Å². The maximum absolute atomic E-state index is 13.4. The van der Waals surface area contributed by atoms with Gasteiger partial charge in [0.2, 0.25) is 5.95 Å². The minimum Gasteiger partial charge on any atom is -0.465 e. The molecule has 3 N–H and O–H groups in total. The Kier molecular flexibility index (Phi) is 4.25. The minimum absolute atomic E-state index is 0.108. The van der Waals surface area contributed by atoms with E-state index in [-0.39, 0.29) is 17.8 Å². The quantitative estimate of drug-likeness (QED) is 0.693. The molecule has 0 bridgehead atoms. The summed E-state index contributed by atoms with van der Waals surface area (Å²) in [4.78, 5) is 23.5. The standard InChI is InChI=1S/C18H20FN7O2/c1-10-9-25(18(27)28)7-8-26(10)16-13-14(11-3-5-12(19)6-4-11)23-24(2)15(13)21-17(20)22-16/h3-6,10H,7-9H2,1-2H3,(H,27,28)(H2,20,21,22)/t10-/m0/s1. The Hall–Kier alpha value is -3.43. The van der Waals surface area contributed by atoms with Crippen LogP contribution in [-0.4, -0.2) is 61.5 Å². The lowest BCUT2D eigenvalue weighted by atomic mass is 10.1. The summed E-state index contributed by atoms with van der Waals surface area (Å²) in [5.74, 6) is 0.389. The van der Waals surface area contributed by atoms with Gasteiger partial charge in [-0.1, -0.05) is 0 Å². The summed E-state index contributed by atoms with van der Waals surface area (Å²) >= 11 is 0. The Morgan fingerprint density at radius 3 is 2.61 bits per heavy atom. The van der Waals surface area contributed by atoms with E-state index in [1.807, 2.05) is 11.8 Å². The molecule has 2 aromatic heterocycles. The number of nitrogens with two attached hydrogens (primary N) is 1. The van der Waals surface area contributed by atoms with Gasteiger partial charge in [-0.3, -0.25) is 0 Å². The molecule has 0 radical (unpaired) electrons. The molecule has 1 saturated heterocycles. The van der Waals surface area contributed by atoms with E-state index in [2.05, 4.69) is 15.1 Å². The summed E-state index contributed by atoms with van der Waals surface area (Å²) in [7, 11) is 1.76. The molecule has 3 heterocycles. The minimum atomic E-state index is -0.938. The summed E-state index contributed by atoms with van der Waals surface area (Å²) < 4.78 is 15.0. The average molecular weight is 385 g/mol. The van der Waals surface area contributed by atoms with E-state index < -0.39 is 6.09 Å². The number of anilines is 2. The number of amides is 1. The molecule has 0 unspecified atom stereocenters. The first-order valence-electron chi connectivity index (χ1n) is 8.86. The van der Waals surface area contributed by atoms with Gasteiger partial charge < -0.3 is 20.6 Å². The van der Waals surface area contributed by atoms with Crippen LogP contribution in [0.2, 0.25) is 0 Å². The number of aromatic nitrogens is 4. The van der Waals surface area contributed by atoms with Crippen LogP contribution >= 0.6 is 0 Å². The molecule has 3 aromatic rings. The molecule has 1 aromatic carbocycles. The number of benzene rings is 1. The summed E-state index contributed by atoms with van der Waals surface area (Å²) in [6.07, 6.45) is -0.938. The smallest absolute Gasteiger partial charge is 0.407 e. The number of fused-ring (bicyclic) bond motifs is 1. The number of piperazine rings is 1. The summed E-state index contributed by atoms with van der Waals surface area (Å²) in [6, 6.07) is 5.96. The predicted octanol–water partition coefficient (Wildman–Crippen LogP) is 1.94. The molecular weight excluding hydrogens is 365 g/mol. The molecule has 10 heteroatoms. The van der Waals surface area contributed by atoms with Crippen LogP contribution in [0.3, 0.4) is 0 Å². The zero-order valence-electron chi connectivity index (χ0n) is 15.5. The summed E-state index contributed by atoms with van der Waals surface area (Å²) in [5.41, 5.74) is 7.87. The fourth-order valence-corrected chi connectivity index (χ4v) is 3.61. The van der Waals surface area contributed by atoms with Crippen LogP contribution in [0.4, 0.5) is 21.0 Å². The third-order valence-electron chi connectivity index (χ3n) is 4.97. The molecule has 1 amide bonds. The van der Waals surface area contributed by atoms with Gasteiger partial charge in [-0.05, 0) is 31.2 Å². The van der Waals surface area contributed by atoms with Crippen molar-refractivity contribution in [3.05, 3.63) is 30.1 Å². The first-order chi connectivity index (χ1) is 13.3. The normalized spacial score (nSPS) is 17.3. The van der Waals surface area contributed by atoms with Crippen molar-refractivity contribution in [3.63, 3.8) is 0 Å². The van der Waals surface area contributed by atoms with E-state index in [1.165, 1.54) is 17.0 Å². The van der Waals surface area contributed by atoms with Gasteiger partial charge in [0.25, 0.3) is 0 Å². The Morgan fingerprint density at radius 2 is 1.96 bits per heavy atom. The second-order valence-corrected chi connectivity index (χ2v) is 6.85. The SMILES string of the molecule is C[C@H]1CN(C(=O)O)CCN1c1nc(N)nc2c1c(-c1ccc(F)cc1)nn2C. The largest absolute Gasteiger partial charge is 0.465 e. The topological polar surface area (TPSA) is 113 Å². The van der Waals surface area contributed by atoms with E-state index in [0.29, 0.717) is 42.2 Å². The van der Waals surface area contributed by atoms with Gasteiger partial charge in [0.1, 0.15) is 17.3 Å². The lowest BCUT2D eigenvalue weighted by Gasteiger charge is -2.39. The first-order valence-corrected chi connectivity index (χ1v) is 8.86. The average Bonchev–Trinajstić information content (AvgIpc) is 2.98. The number of hydrogen-bond acceptors (Lipinski definition) is 6. The fourth-order valence-electron chi connectivity index (χ4n) is 3.61. The van der Waals surface area contributed by atoms with Crippen LogP contribution in [0.1, 0.15) is 6.92 Å². The number of hydrogen-bond donors (Lipinski definition) is 2. The molecular formula is C18H20FN7O2. The highest BCUT2D eigenvalue weighted by atomic mass is 19.1. The van der Waals surface area contributed by atoms with Crippen molar-refractivity contribution in [1.82, 2.24) is 24.6 Å². The van der Waals surface area contributed by atoms with Crippen molar-refractivity contribution in [2.45, 2.75) is 13.0 Å². The molecule has 0 spiro atoms. The number of rotatable bonds is 2. The second kappa shape index (κ2) is 6.63. The van der Waals surface area contributed by atoms with Crippen molar-refractivity contribution in [2.75, 3.05) is 30.3 Å². The van der Waals surface area contributed by atoms with Gasteiger partial charge >= 0.3 is 6.09 Å². The fraction of sp³-hybridized carbons (Fsp3) is 0.333. The number of aryl methyl sites for hydroxylation is 1. The van der Waals surface area contributed by atoms with E-state index >= 15 is 0 Å². The van der Waals surface area contributed by atoms with Crippen molar-refractivity contribution in [3.8, 4) is 11.3 Å². The number of nitrogen functional groups attached to an aromatic ring is 1. The maximum Gasteiger partial charge on any atom is 0.407 e. The van der Waals surface area contributed by atoms with Crippen LogP contribution in [0, 0.1) is 5.82 Å². The summed E-state index contributed by atoms with van der Waals surface area (Å²) in [6.45, 7) is 3.12. The van der Waals surface area contributed by atoms with Crippen LogP contribution in [0.25, 0.3) is 22.3 Å². The molecule has 1 aliphatic heterocycles. The molecule has 0 saturated carbocycles. The third-order valence-corrected chi connectivity index (χ3v) is 4.97. The molecule has 28 heavy (non-hydrogen) atoms. The molecule has 9 nitrogen and oxygen atoms in total. The van der Waals surface area contributed by atoms with Gasteiger partial charge in [-0.2, -0.15) is 15.1 Å². The van der Waals surface area contributed by atoms with Gasteiger partial charge in [0.05, 0.1) is 5.39 Å². The number of nitrogens with zero attached hydrogens (tertiary/aromatic N) is 6. The lowest BCUT2D eigenvalue weighted by Crippen LogP contribution is -2.53. The number of halogens is 1. The van der Waals surface area contributed by atoms with Crippen molar-refractivity contribution >= 4 is 28.9 Å². The zero-order chi connectivity index (χ0) is 20.0. The molecule has 1 aliphatic rings. The lowest BCUT2D eigenvalue weighted by molar-refractivity contribution is 0.136. The predicted molar refractivity (Wildman–Crippen MR) is 103 cm³/mol. The van der Waals surface area contributed by atoms with E-state index in [0.717, 1.165) is 5.56 Å². The van der Waals surface area contributed by atoms with Crippen LogP contribution in [-0.2, 0) is 7.05 Å². The van der Waals surface area contributed by atoms with Gasteiger partial charge in [0, 0.05) is 38.3 Å². The van der Waals surface area contributed by atoms with Gasteiger partial charge in [0.15, 0.2) is 5.65 Å². The Morgan fingerprint density at radius 1 is 1.25 bits per heavy atom. The third kappa shape index (κ3) is 2.96. The zero-order valence-corrected chi connectivity index (χ0v) is 15.5. The number of carboxylic acid groups (broad SMARTS) is 1. The highest BCUT2D eigenvalue weighted by molar-refractivity contribution is 6.00. The van der Waals surface area contributed by atoms with Crippen LogP contribution < -0.4 is 10.6 Å². The number of carbonyl (C=O) groups is 1. The molecule has 1 atom stereocenters. The van der Waals surface area contributed by atoms with Crippen molar-refractivity contribution in [1.29, 1.82) is 0 Å². The molecule has 1 fully saturated rings. The van der Waals surface area contributed by atoms with E-state index in [1.54, 1.807) is 23.9 Å². The van der Waals surface area contributed by atoms with E-state index in [9.17, 15) is 14.3 Å². The van der Waals surface area contributed by atoms with Crippen LogP contribution in [0.15, 0.2) is 24.3 Å². The van der Waals surface area contributed by atoms with Crippen molar-refractivity contribution in [2.24, 2.45) is 7.05 Å². The molecule has 0 aliphatic carbocycles. The summed E-state index contributed by atoms with van der Waals surface area (Å²) in [5, 5.41) is 14.5. The van der Waals surface area contributed by atoms with Gasteiger partial charge in [-0.25, -0.2) is 13.9 Å². The highest BCUT2D eigenvalue weighted by Gasteiger charge is 2.30. The first kappa shape index (κ1) is 18.0. The van der Waals surface area contributed by atoms with Gasteiger partial charge in [-0.15, -0.1) is 0 Å². The Balaban J connectivity index is 1.86. The molecule has 4 rings (SSSR count). The molecule has 146 valence electrons.